The minimum Gasteiger partial charge on any atom is -0.323 e. The SMILES string of the molecule is CCN(CC(N)c1ccc(C(C)(C)C)cc1)C1CC1. The van der Waals surface area contributed by atoms with Crippen LogP contribution < -0.4 is 5.73 Å². The fraction of sp³-hybridized carbons (Fsp3) is 0.647. The van der Waals surface area contributed by atoms with Crippen molar-refractivity contribution in [2.45, 2.75) is 58.0 Å². The molecule has 0 saturated heterocycles. The zero-order valence-electron chi connectivity index (χ0n) is 12.8. The molecule has 1 aromatic rings. The van der Waals surface area contributed by atoms with E-state index in [2.05, 4.69) is 56.9 Å². The van der Waals surface area contributed by atoms with Crippen molar-refractivity contribution in [1.29, 1.82) is 0 Å². The van der Waals surface area contributed by atoms with Crippen molar-refractivity contribution in [2.75, 3.05) is 13.1 Å². The number of hydrogen-bond donors (Lipinski definition) is 1. The van der Waals surface area contributed by atoms with Crippen LogP contribution in [0.25, 0.3) is 0 Å². The van der Waals surface area contributed by atoms with E-state index in [0.29, 0.717) is 0 Å². The fourth-order valence-electron chi connectivity index (χ4n) is 2.56. The lowest BCUT2D eigenvalue weighted by Gasteiger charge is -2.25. The van der Waals surface area contributed by atoms with Gasteiger partial charge in [0.1, 0.15) is 0 Å². The van der Waals surface area contributed by atoms with Gasteiger partial charge in [-0.15, -0.1) is 0 Å². The van der Waals surface area contributed by atoms with Crippen LogP contribution in [0.4, 0.5) is 0 Å². The maximum absolute atomic E-state index is 6.35. The smallest absolute Gasteiger partial charge is 0.0424 e. The predicted octanol–water partition coefficient (Wildman–Crippen LogP) is 3.47. The molecule has 0 amide bonds. The molecule has 0 aromatic heterocycles. The largest absolute Gasteiger partial charge is 0.323 e. The van der Waals surface area contributed by atoms with Crippen LogP contribution in [0.1, 0.15) is 57.7 Å². The van der Waals surface area contributed by atoms with E-state index in [4.69, 9.17) is 5.73 Å². The van der Waals surface area contributed by atoms with E-state index in [0.717, 1.165) is 19.1 Å². The Kier molecular flexibility index (Phi) is 4.32. The van der Waals surface area contributed by atoms with Crippen molar-refractivity contribution in [3.05, 3.63) is 35.4 Å². The molecule has 1 saturated carbocycles. The Hall–Kier alpha value is -0.860. The molecule has 2 rings (SSSR count). The van der Waals surface area contributed by atoms with Crippen LogP contribution in [0.2, 0.25) is 0 Å². The third kappa shape index (κ3) is 3.80. The molecule has 2 N–H and O–H groups in total. The van der Waals surface area contributed by atoms with Gasteiger partial charge in [0.15, 0.2) is 0 Å². The zero-order chi connectivity index (χ0) is 14.0. The first kappa shape index (κ1) is 14.5. The molecule has 2 nitrogen and oxygen atoms in total. The van der Waals surface area contributed by atoms with E-state index in [9.17, 15) is 0 Å². The van der Waals surface area contributed by atoms with Gasteiger partial charge in [0.2, 0.25) is 0 Å². The van der Waals surface area contributed by atoms with Crippen LogP contribution in [0.15, 0.2) is 24.3 Å². The predicted molar refractivity (Wildman–Crippen MR) is 82.3 cm³/mol. The molecular formula is C17H28N2. The molecule has 0 aliphatic heterocycles. The van der Waals surface area contributed by atoms with Gasteiger partial charge >= 0.3 is 0 Å². The summed E-state index contributed by atoms with van der Waals surface area (Å²) in [5.41, 5.74) is 9.20. The van der Waals surface area contributed by atoms with Gasteiger partial charge in [0, 0.05) is 18.6 Å². The molecule has 106 valence electrons. The van der Waals surface area contributed by atoms with Gasteiger partial charge in [-0.3, -0.25) is 4.90 Å². The highest BCUT2D eigenvalue weighted by molar-refractivity contribution is 5.29. The Balaban J connectivity index is 2.00. The Labute approximate surface area is 118 Å². The topological polar surface area (TPSA) is 29.3 Å². The Morgan fingerprint density at radius 1 is 1.21 bits per heavy atom. The Bertz CT molecular complexity index is 398. The van der Waals surface area contributed by atoms with Crippen molar-refractivity contribution in [2.24, 2.45) is 5.73 Å². The molecule has 1 unspecified atom stereocenters. The molecule has 1 fully saturated rings. The lowest BCUT2D eigenvalue weighted by Crippen LogP contribution is -2.33. The first-order valence-electron chi connectivity index (χ1n) is 7.52. The monoisotopic (exact) mass is 260 g/mol. The van der Waals surface area contributed by atoms with E-state index in [1.165, 1.54) is 24.0 Å². The van der Waals surface area contributed by atoms with Crippen LogP contribution in [0.5, 0.6) is 0 Å². The quantitative estimate of drug-likeness (QED) is 0.878. The second kappa shape index (κ2) is 5.64. The number of nitrogens with zero attached hydrogens (tertiary/aromatic N) is 1. The van der Waals surface area contributed by atoms with E-state index >= 15 is 0 Å². The van der Waals surface area contributed by atoms with Crippen molar-refractivity contribution in [3.63, 3.8) is 0 Å². The molecule has 19 heavy (non-hydrogen) atoms. The first-order valence-corrected chi connectivity index (χ1v) is 7.52. The average Bonchev–Trinajstić information content (AvgIpc) is 3.19. The molecule has 0 spiro atoms. The van der Waals surface area contributed by atoms with Crippen molar-refractivity contribution >= 4 is 0 Å². The van der Waals surface area contributed by atoms with E-state index < -0.39 is 0 Å². The summed E-state index contributed by atoms with van der Waals surface area (Å²) in [5.74, 6) is 0. The zero-order valence-corrected chi connectivity index (χ0v) is 12.8. The van der Waals surface area contributed by atoms with Gasteiger partial charge in [0.25, 0.3) is 0 Å². The summed E-state index contributed by atoms with van der Waals surface area (Å²) in [6.45, 7) is 11.1. The summed E-state index contributed by atoms with van der Waals surface area (Å²) in [6, 6.07) is 9.78. The van der Waals surface area contributed by atoms with Crippen LogP contribution in [-0.2, 0) is 5.41 Å². The second-order valence-corrected chi connectivity index (χ2v) is 6.80. The first-order chi connectivity index (χ1) is 8.91. The van der Waals surface area contributed by atoms with E-state index in [1.807, 2.05) is 0 Å². The highest BCUT2D eigenvalue weighted by atomic mass is 15.2. The Morgan fingerprint density at radius 3 is 2.21 bits per heavy atom. The van der Waals surface area contributed by atoms with Gasteiger partial charge in [-0.05, 0) is 35.9 Å². The molecule has 1 aromatic carbocycles. The van der Waals surface area contributed by atoms with Gasteiger partial charge in [-0.2, -0.15) is 0 Å². The summed E-state index contributed by atoms with van der Waals surface area (Å²) >= 11 is 0. The fourth-order valence-corrected chi connectivity index (χ4v) is 2.56. The lowest BCUT2D eigenvalue weighted by molar-refractivity contribution is 0.260. The van der Waals surface area contributed by atoms with E-state index in [1.54, 1.807) is 0 Å². The summed E-state index contributed by atoms with van der Waals surface area (Å²) < 4.78 is 0. The summed E-state index contributed by atoms with van der Waals surface area (Å²) in [7, 11) is 0. The molecule has 2 heteroatoms. The van der Waals surface area contributed by atoms with Crippen LogP contribution >= 0.6 is 0 Å². The van der Waals surface area contributed by atoms with Crippen molar-refractivity contribution in [1.82, 2.24) is 4.90 Å². The molecule has 0 radical (unpaired) electrons. The number of hydrogen-bond acceptors (Lipinski definition) is 2. The number of likely N-dealkylation sites (N-methyl/N-ethyl adjacent to an activating group) is 1. The molecule has 1 atom stereocenters. The van der Waals surface area contributed by atoms with Crippen molar-refractivity contribution < 1.29 is 0 Å². The maximum atomic E-state index is 6.35. The molecular weight excluding hydrogens is 232 g/mol. The van der Waals surface area contributed by atoms with E-state index in [-0.39, 0.29) is 11.5 Å². The summed E-state index contributed by atoms with van der Waals surface area (Å²) in [4.78, 5) is 2.52. The normalized spacial score (nSPS) is 17.8. The molecule has 1 aliphatic carbocycles. The molecule has 0 heterocycles. The molecule has 0 bridgehead atoms. The summed E-state index contributed by atoms with van der Waals surface area (Å²) in [5, 5.41) is 0. The van der Waals surface area contributed by atoms with Gasteiger partial charge in [0.05, 0.1) is 0 Å². The van der Waals surface area contributed by atoms with Crippen molar-refractivity contribution in [3.8, 4) is 0 Å². The van der Waals surface area contributed by atoms with Gasteiger partial charge in [-0.25, -0.2) is 0 Å². The minimum absolute atomic E-state index is 0.134. The summed E-state index contributed by atoms with van der Waals surface area (Å²) in [6.07, 6.45) is 2.70. The number of benzene rings is 1. The minimum atomic E-state index is 0.134. The third-order valence-electron chi connectivity index (χ3n) is 4.11. The van der Waals surface area contributed by atoms with Gasteiger partial charge < -0.3 is 5.73 Å². The average molecular weight is 260 g/mol. The van der Waals surface area contributed by atoms with Gasteiger partial charge in [-0.1, -0.05) is 52.0 Å². The highest BCUT2D eigenvalue weighted by Gasteiger charge is 2.28. The third-order valence-corrected chi connectivity index (χ3v) is 4.11. The van der Waals surface area contributed by atoms with Crippen LogP contribution in [-0.4, -0.2) is 24.0 Å². The van der Waals surface area contributed by atoms with Crippen LogP contribution in [0.3, 0.4) is 0 Å². The maximum Gasteiger partial charge on any atom is 0.0424 e. The second-order valence-electron chi connectivity index (χ2n) is 6.80. The number of rotatable bonds is 5. The number of nitrogens with two attached hydrogens (primary N) is 1. The highest BCUT2D eigenvalue weighted by Crippen LogP contribution is 2.28. The standard InChI is InChI=1S/C17H28N2/c1-5-19(15-10-11-15)12-16(18)13-6-8-14(9-7-13)17(2,3)4/h6-9,15-16H,5,10-12,18H2,1-4H3. The van der Waals surface area contributed by atoms with Crippen LogP contribution in [0, 0.1) is 0 Å². The molecule has 1 aliphatic rings. The lowest BCUT2D eigenvalue weighted by atomic mass is 9.86. The Morgan fingerprint density at radius 2 is 1.79 bits per heavy atom.